The summed E-state index contributed by atoms with van der Waals surface area (Å²) in [7, 11) is 0. The van der Waals surface area contributed by atoms with Gasteiger partial charge in [0.05, 0.1) is 0 Å². The fraction of sp³-hybridized carbons (Fsp3) is 1.00. The minimum absolute atomic E-state index is 0.548. The van der Waals surface area contributed by atoms with Gasteiger partial charge in [-0.15, -0.1) is 0 Å². The van der Waals surface area contributed by atoms with Crippen LogP contribution in [0.15, 0.2) is 0 Å². The lowest BCUT2D eigenvalue weighted by atomic mass is 9.47. The first kappa shape index (κ1) is 18.1. The van der Waals surface area contributed by atoms with Crippen LogP contribution in [0.1, 0.15) is 93.9 Å². The van der Waals surface area contributed by atoms with Crippen molar-refractivity contribution >= 4 is 0 Å². The zero-order valence-corrected chi connectivity index (χ0v) is 15.6. The molecule has 0 N–H and O–H groups in total. The molecule has 0 nitrogen and oxygen atoms in total. The number of hydrogen-bond acceptors (Lipinski definition) is 0. The van der Waals surface area contributed by atoms with E-state index in [0.29, 0.717) is 10.8 Å². The molecule has 0 aromatic heterocycles. The van der Waals surface area contributed by atoms with Gasteiger partial charge in [-0.3, -0.25) is 0 Å². The molecule has 0 amide bonds. The first-order valence-electron chi connectivity index (χ1n) is 9.24. The van der Waals surface area contributed by atoms with Gasteiger partial charge in [-0.1, -0.05) is 74.7 Å². The number of rotatable bonds is 8. The Balaban J connectivity index is 2.66. The average Bonchev–Trinajstić information content (AvgIpc) is 2.42. The molecule has 0 aliphatic heterocycles. The van der Waals surface area contributed by atoms with Crippen LogP contribution >= 0.6 is 0 Å². The van der Waals surface area contributed by atoms with Crippen LogP contribution in [0.3, 0.4) is 0 Å². The second-order valence-electron chi connectivity index (χ2n) is 8.48. The summed E-state index contributed by atoms with van der Waals surface area (Å²) in [4.78, 5) is 0. The molecule has 1 aliphatic rings. The van der Waals surface area contributed by atoms with Crippen LogP contribution in [0.5, 0.6) is 0 Å². The van der Waals surface area contributed by atoms with Gasteiger partial charge in [-0.05, 0) is 53.8 Å². The monoisotopic (exact) mass is 280 g/mol. The Kier molecular flexibility index (Phi) is 6.17. The fourth-order valence-corrected chi connectivity index (χ4v) is 5.06. The SMILES string of the molecule is CCC(C)C1(CCCC(C)(CC)C(C)C)C(C)CC1C. The largest absolute Gasteiger partial charge is 0.0651 e. The Morgan fingerprint density at radius 1 is 1.10 bits per heavy atom. The Bertz CT molecular complexity index is 282. The van der Waals surface area contributed by atoms with Crippen LogP contribution < -0.4 is 0 Å². The van der Waals surface area contributed by atoms with Gasteiger partial charge in [0.15, 0.2) is 0 Å². The van der Waals surface area contributed by atoms with E-state index in [2.05, 4.69) is 55.4 Å². The minimum atomic E-state index is 0.548. The van der Waals surface area contributed by atoms with Crippen molar-refractivity contribution in [2.75, 3.05) is 0 Å². The summed E-state index contributed by atoms with van der Waals surface area (Å²) in [5.41, 5.74) is 1.20. The summed E-state index contributed by atoms with van der Waals surface area (Å²) >= 11 is 0. The van der Waals surface area contributed by atoms with Crippen molar-refractivity contribution in [2.45, 2.75) is 93.9 Å². The molecule has 1 saturated carbocycles. The minimum Gasteiger partial charge on any atom is -0.0651 e. The maximum atomic E-state index is 2.51. The normalized spacial score (nSPS) is 34.6. The van der Waals surface area contributed by atoms with E-state index in [0.717, 1.165) is 23.7 Å². The van der Waals surface area contributed by atoms with Crippen molar-refractivity contribution < 1.29 is 0 Å². The molecule has 20 heavy (non-hydrogen) atoms. The Hall–Kier alpha value is 0. The molecule has 1 rings (SSSR count). The standard InChI is InChI=1S/C20H40/c1-9-16(5)20(17(6)14-18(20)7)13-11-12-19(8,10-2)15(3)4/h15-18H,9-14H2,1-8H3. The average molecular weight is 281 g/mol. The van der Waals surface area contributed by atoms with Gasteiger partial charge in [0, 0.05) is 0 Å². The third-order valence-corrected chi connectivity index (χ3v) is 7.63. The van der Waals surface area contributed by atoms with Gasteiger partial charge >= 0.3 is 0 Å². The van der Waals surface area contributed by atoms with Gasteiger partial charge in [-0.2, -0.15) is 0 Å². The molecule has 4 unspecified atom stereocenters. The summed E-state index contributed by atoms with van der Waals surface area (Å²) in [6.45, 7) is 19.6. The molecule has 0 heterocycles. The molecule has 0 spiro atoms. The molecule has 0 heteroatoms. The van der Waals surface area contributed by atoms with E-state index in [9.17, 15) is 0 Å². The maximum absolute atomic E-state index is 2.51. The van der Waals surface area contributed by atoms with Gasteiger partial charge in [0.1, 0.15) is 0 Å². The van der Waals surface area contributed by atoms with Crippen LogP contribution in [0, 0.1) is 34.5 Å². The van der Waals surface area contributed by atoms with Crippen molar-refractivity contribution in [3.8, 4) is 0 Å². The summed E-state index contributed by atoms with van der Waals surface area (Å²) in [6.07, 6.45) is 8.45. The lowest BCUT2D eigenvalue weighted by molar-refractivity contribution is -0.0921. The van der Waals surface area contributed by atoms with Crippen molar-refractivity contribution in [3.05, 3.63) is 0 Å². The molecular weight excluding hydrogens is 240 g/mol. The second kappa shape index (κ2) is 6.84. The summed E-state index contributed by atoms with van der Waals surface area (Å²) in [5, 5.41) is 0. The molecule has 120 valence electrons. The van der Waals surface area contributed by atoms with Crippen molar-refractivity contribution in [2.24, 2.45) is 34.5 Å². The predicted octanol–water partition coefficient (Wildman–Crippen LogP) is 6.94. The zero-order valence-electron chi connectivity index (χ0n) is 15.6. The van der Waals surface area contributed by atoms with Crippen molar-refractivity contribution in [1.82, 2.24) is 0 Å². The molecular formula is C20H40. The third-order valence-electron chi connectivity index (χ3n) is 7.63. The van der Waals surface area contributed by atoms with Crippen LogP contribution in [-0.2, 0) is 0 Å². The Morgan fingerprint density at radius 3 is 2.00 bits per heavy atom. The van der Waals surface area contributed by atoms with Crippen LogP contribution in [0.2, 0.25) is 0 Å². The van der Waals surface area contributed by atoms with Crippen LogP contribution in [0.25, 0.3) is 0 Å². The molecule has 0 saturated heterocycles. The van der Waals surface area contributed by atoms with Gasteiger partial charge in [-0.25, -0.2) is 0 Å². The highest BCUT2D eigenvalue weighted by molar-refractivity contribution is 5.01. The van der Waals surface area contributed by atoms with E-state index < -0.39 is 0 Å². The first-order chi connectivity index (χ1) is 9.24. The predicted molar refractivity (Wildman–Crippen MR) is 91.9 cm³/mol. The van der Waals surface area contributed by atoms with Gasteiger partial charge < -0.3 is 0 Å². The molecule has 4 atom stereocenters. The van der Waals surface area contributed by atoms with Crippen LogP contribution in [0.4, 0.5) is 0 Å². The summed E-state index contributed by atoms with van der Waals surface area (Å²) < 4.78 is 0. The molecule has 1 fully saturated rings. The van der Waals surface area contributed by atoms with E-state index in [-0.39, 0.29) is 0 Å². The molecule has 1 aliphatic carbocycles. The second-order valence-corrected chi connectivity index (χ2v) is 8.48. The first-order valence-corrected chi connectivity index (χ1v) is 9.24. The third kappa shape index (κ3) is 3.09. The van der Waals surface area contributed by atoms with E-state index >= 15 is 0 Å². The quantitative estimate of drug-likeness (QED) is 0.452. The van der Waals surface area contributed by atoms with E-state index in [1.807, 2.05) is 0 Å². The smallest absolute Gasteiger partial charge is 0.0220 e. The van der Waals surface area contributed by atoms with Gasteiger partial charge in [0.25, 0.3) is 0 Å². The van der Waals surface area contributed by atoms with Gasteiger partial charge in [0.2, 0.25) is 0 Å². The lowest BCUT2D eigenvalue weighted by Gasteiger charge is -2.58. The molecule has 0 aromatic carbocycles. The molecule has 0 aromatic rings. The van der Waals surface area contributed by atoms with E-state index in [4.69, 9.17) is 0 Å². The molecule has 0 radical (unpaired) electrons. The van der Waals surface area contributed by atoms with E-state index in [1.165, 1.54) is 38.5 Å². The zero-order chi connectivity index (χ0) is 15.6. The van der Waals surface area contributed by atoms with Crippen LogP contribution in [-0.4, -0.2) is 0 Å². The fourth-order valence-electron chi connectivity index (χ4n) is 5.06. The number of hydrogen-bond donors (Lipinski definition) is 0. The van der Waals surface area contributed by atoms with Crippen molar-refractivity contribution in [1.29, 1.82) is 0 Å². The van der Waals surface area contributed by atoms with E-state index in [1.54, 1.807) is 0 Å². The lowest BCUT2D eigenvalue weighted by Crippen LogP contribution is -2.51. The van der Waals surface area contributed by atoms with Crippen molar-refractivity contribution in [3.63, 3.8) is 0 Å². The highest BCUT2D eigenvalue weighted by atomic mass is 14.6. The topological polar surface area (TPSA) is 0 Å². The highest BCUT2D eigenvalue weighted by Gasteiger charge is 2.52. The summed E-state index contributed by atoms with van der Waals surface area (Å²) in [6, 6.07) is 0. The highest BCUT2D eigenvalue weighted by Crippen LogP contribution is 2.60. The Morgan fingerprint density at radius 2 is 1.65 bits per heavy atom. The molecule has 0 bridgehead atoms. The summed E-state index contributed by atoms with van der Waals surface area (Å²) in [5.74, 6) is 3.59. The maximum Gasteiger partial charge on any atom is -0.0220 e. The Labute approximate surface area is 129 Å².